The third-order valence-electron chi connectivity index (χ3n) is 4.64. The van der Waals surface area contributed by atoms with E-state index in [4.69, 9.17) is 18.9 Å². The number of hydrogen-bond donors (Lipinski definition) is 2. The van der Waals surface area contributed by atoms with E-state index in [1.165, 1.54) is 7.11 Å². The molecule has 0 fully saturated rings. The van der Waals surface area contributed by atoms with Crippen LogP contribution in [0.25, 0.3) is 6.08 Å². The summed E-state index contributed by atoms with van der Waals surface area (Å²) in [4.78, 5) is 0. The van der Waals surface area contributed by atoms with Gasteiger partial charge in [-0.1, -0.05) is 18.2 Å². The van der Waals surface area contributed by atoms with Crippen molar-refractivity contribution >= 4 is 6.08 Å². The Morgan fingerprint density at radius 1 is 1.07 bits per heavy atom. The van der Waals surface area contributed by atoms with E-state index in [1.807, 2.05) is 24.3 Å². The zero-order valence-corrected chi connectivity index (χ0v) is 15.6. The second kappa shape index (κ2) is 8.33. The molecule has 0 aromatic heterocycles. The minimum atomic E-state index is -0.411. The Morgan fingerprint density at radius 3 is 2.52 bits per heavy atom. The molecule has 1 aliphatic rings. The fourth-order valence-corrected chi connectivity index (χ4v) is 3.31. The first kappa shape index (κ1) is 19.1. The maximum Gasteiger partial charge on any atom is 0.165 e. The van der Waals surface area contributed by atoms with Crippen molar-refractivity contribution in [2.45, 2.75) is 12.0 Å². The third kappa shape index (κ3) is 3.72. The number of methoxy groups -OCH3 is 3. The van der Waals surface area contributed by atoms with Crippen molar-refractivity contribution in [2.24, 2.45) is 0 Å². The molecule has 2 atom stereocenters. The van der Waals surface area contributed by atoms with Gasteiger partial charge in [0.2, 0.25) is 0 Å². The molecular weight excluding hydrogens is 348 g/mol. The molecule has 6 nitrogen and oxygen atoms in total. The van der Waals surface area contributed by atoms with Gasteiger partial charge in [0.25, 0.3) is 0 Å². The van der Waals surface area contributed by atoms with E-state index in [1.54, 1.807) is 32.4 Å². The largest absolute Gasteiger partial charge is 0.504 e. The second-order valence-electron chi connectivity index (χ2n) is 6.26. The average Bonchev–Trinajstić information content (AvgIpc) is 3.06. The quantitative estimate of drug-likeness (QED) is 0.777. The summed E-state index contributed by atoms with van der Waals surface area (Å²) in [5, 5.41) is 19.9. The number of fused-ring (bicyclic) bond motifs is 1. The molecule has 1 aliphatic heterocycles. The van der Waals surface area contributed by atoms with Crippen molar-refractivity contribution in [1.29, 1.82) is 0 Å². The van der Waals surface area contributed by atoms with Crippen LogP contribution in [0.2, 0.25) is 0 Å². The Kier molecular flexibility index (Phi) is 5.88. The van der Waals surface area contributed by atoms with Crippen LogP contribution in [0.4, 0.5) is 0 Å². The highest BCUT2D eigenvalue weighted by molar-refractivity contribution is 5.62. The van der Waals surface area contributed by atoms with Gasteiger partial charge in [-0.15, -0.1) is 0 Å². The highest BCUT2D eigenvalue weighted by Crippen LogP contribution is 2.51. The molecule has 2 N–H and O–H groups in total. The van der Waals surface area contributed by atoms with Gasteiger partial charge in [-0.3, -0.25) is 0 Å². The van der Waals surface area contributed by atoms with Gasteiger partial charge < -0.3 is 29.2 Å². The number of phenols is 1. The number of benzene rings is 2. The summed E-state index contributed by atoms with van der Waals surface area (Å²) < 4.78 is 21.9. The Labute approximate surface area is 158 Å². The number of aliphatic hydroxyl groups excluding tert-OH is 1. The monoisotopic (exact) mass is 372 g/mol. The maximum absolute atomic E-state index is 10.1. The van der Waals surface area contributed by atoms with Gasteiger partial charge in [-0.2, -0.15) is 0 Å². The Bertz CT molecular complexity index is 830. The highest BCUT2D eigenvalue weighted by atomic mass is 16.5. The van der Waals surface area contributed by atoms with Crippen molar-refractivity contribution in [3.8, 4) is 23.0 Å². The van der Waals surface area contributed by atoms with E-state index in [2.05, 4.69) is 0 Å². The average molecular weight is 372 g/mol. The fraction of sp³-hybridized carbons (Fsp3) is 0.333. The molecule has 0 aliphatic carbocycles. The van der Waals surface area contributed by atoms with E-state index >= 15 is 0 Å². The first-order valence-corrected chi connectivity index (χ1v) is 8.64. The summed E-state index contributed by atoms with van der Waals surface area (Å²) in [5.41, 5.74) is 2.62. The fourth-order valence-electron chi connectivity index (χ4n) is 3.31. The predicted molar refractivity (Wildman–Crippen MR) is 102 cm³/mol. The number of aliphatic hydroxyl groups is 1. The van der Waals surface area contributed by atoms with Crippen LogP contribution < -0.4 is 14.2 Å². The van der Waals surface area contributed by atoms with E-state index in [0.717, 1.165) is 16.7 Å². The highest BCUT2D eigenvalue weighted by Gasteiger charge is 2.37. The van der Waals surface area contributed by atoms with Gasteiger partial charge >= 0.3 is 0 Å². The molecule has 0 amide bonds. The maximum atomic E-state index is 10.1. The Balaban J connectivity index is 2.01. The number of phenolic OH excluding ortho intramolecular Hbond substituents is 1. The standard InChI is InChI=1S/C21H24O6/c1-24-8-4-5-13-9-15-16(12-22)20(27-21(15)19(10-13)26-3)14-6-7-17(23)18(11-14)25-2/h4-7,9-11,16,20,22-23H,8,12H2,1-3H3/b5-4+/t16-,20+/m1/s1. The van der Waals surface area contributed by atoms with Crippen molar-refractivity contribution in [2.75, 3.05) is 34.5 Å². The molecule has 6 heteroatoms. The summed E-state index contributed by atoms with van der Waals surface area (Å²) in [5.74, 6) is 1.38. The van der Waals surface area contributed by atoms with Crippen LogP contribution in [0, 0.1) is 0 Å². The van der Waals surface area contributed by atoms with Crippen LogP contribution in [0.1, 0.15) is 28.7 Å². The predicted octanol–water partition coefficient (Wildman–Crippen LogP) is 3.28. The second-order valence-corrected chi connectivity index (χ2v) is 6.26. The number of aromatic hydroxyl groups is 1. The smallest absolute Gasteiger partial charge is 0.165 e. The molecule has 0 saturated heterocycles. The lowest BCUT2D eigenvalue weighted by molar-refractivity contribution is 0.157. The van der Waals surface area contributed by atoms with Gasteiger partial charge in [0, 0.05) is 12.7 Å². The number of hydrogen-bond acceptors (Lipinski definition) is 6. The van der Waals surface area contributed by atoms with Crippen molar-refractivity contribution in [3.05, 3.63) is 53.1 Å². The molecule has 3 rings (SSSR count). The molecule has 144 valence electrons. The van der Waals surface area contributed by atoms with Crippen LogP contribution in [-0.2, 0) is 4.74 Å². The minimum Gasteiger partial charge on any atom is -0.504 e. The summed E-state index contributed by atoms with van der Waals surface area (Å²) in [7, 11) is 4.72. The van der Waals surface area contributed by atoms with Gasteiger partial charge in [0.1, 0.15) is 6.10 Å². The topological polar surface area (TPSA) is 77.4 Å². The summed E-state index contributed by atoms with van der Waals surface area (Å²) >= 11 is 0. The van der Waals surface area contributed by atoms with Gasteiger partial charge in [-0.05, 0) is 35.4 Å². The molecule has 2 aromatic carbocycles. The van der Waals surface area contributed by atoms with E-state index in [9.17, 15) is 10.2 Å². The summed E-state index contributed by atoms with van der Waals surface area (Å²) in [6.07, 6.45) is 3.44. The summed E-state index contributed by atoms with van der Waals surface area (Å²) in [6, 6.07) is 8.93. The molecule has 0 radical (unpaired) electrons. The normalized spacial score (nSPS) is 18.4. The summed E-state index contributed by atoms with van der Waals surface area (Å²) in [6.45, 7) is 0.421. The molecular formula is C21H24O6. The molecule has 0 bridgehead atoms. The molecule has 2 aromatic rings. The van der Waals surface area contributed by atoms with Crippen molar-refractivity contribution < 1.29 is 29.2 Å². The van der Waals surface area contributed by atoms with Crippen LogP contribution in [0.5, 0.6) is 23.0 Å². The molecule has 1 heterocycles. The lowest BCUT2D eigenvalue weighted by Gasteiger charge is -2.18. The number of ether oxygens (including phenoxy) is 4. The van der Waals surface area contributed by atoms with Crippen molar-refractivity contribution in [1.82, 2.24) is 0 Å². The van der Waals surface area contributed by atoms with Crippen molar-refractivity contribution in [3.63, 3.8) is 0 Å². The number of rotatable bonds is 7. The molecule has 27 heavy (non-hydrogen) atoms. The zero-order valence-electron chi connectivity index (χ0n) is 15.6. The lowest BCUT2D eigenvalue weighted by atomic mass is 9.90. The van der Waals surface area contributed by atoms with E-state index in [-0.39, 0.29) is 18.3 Å². The first-order valence-electron chi connectivity index (χ1n) is 8.64. The molecule has 0 unspecified atom stereocenters. The molecule has 0 spiro atoms. The Morgan fingerprint density at radius 2 is 1.85 bits per heavy atom. The van der Waals surface area contributed by atoms with Crippen LogP contribution in [-0.4, -0.2) is 44.8 Å². The van der Waals surface area contributed by atoms with Crippen LogP contribution >= 0.6 is 0 Å². The first-order chi connectivity index (χ1) is 13.1. The minimum absolute atomic E-state index is 0.0560. The molecule has 0 saturated carbocycles. The Hall–Kier alpha value is -2.70. The zero-order chi connectivity index (χ0) is 19.4. The SMILES string of the molecule is COC/C=C/c1cc(OC)c2c(c1)[C@@H](CO)[C@H](c1ccc(O)c(OC)c1)O2. The van der Waals surface area contributed by atoms with Gasteiger partial charge in [-0.25, -0.2) is 0 Å². The third-order valence-corrected chi connectivity index (χ3v) is 4.64. The van der Waals surface area contributed by atoms with E-state index in [0.29, 0.717) is 23.9 Å². The van der Waals surface area contributed by atoms with E-state index < -0.39 is 6.10 Å². The van der Waals surface area contributed by atoms with Gasteiger partial charge in [0.05, 0.1) is 33.4 Å². The van der Waals surface area contributed by atoms with Crippen LogP contribution in [0.3, 0.4) is 0 Å². The van der Waals surface area contributed by atoms with Crippen LogP contribution in [0.15, 0.2) is 36.4 Å². The van der Waals surface area contributed by atoms with Gasteiger partial charge in [0.15, 0.2) is 23.0 Å². The lowest BCUT2D eigenvalue weighted by Crippen LogP contribution is -2.13.